The van der Waals surface area contributed by atoms with Gasteiger partial charge in [-0.25, -0.2) is 9.10 Å². The summed E-state index contributed by atoms with van der Waals surface area (Å²) in [5.74, 6) is -1.34. The Labute approximate surface area is 112 Å². The molecule has 106 valence electrons. The summed E-state index contributed by atoms with van der Waals surface area (Å²) in [7, 11) is -4.67. The topological polar surface area (TPSA) is 94.9 Å². The second-order valence-corrected chi connectivity index (χ2v) is 5.82. The molecule has 1 aromatic rings. The standard InChI is InChI=1S/C12H17NO5S/c1-7-5-8(2)11(9(3)6-7)13(19(16,17)18)10(4)12(14)15/h5-6,10H,1-4H3,(H,14,15)(H,16,17,18). The Morgan fingerprint density at radius 2 is 1.63 bits per heavy atom. The zero-order valence-electron chi connectivity index (χ0n) is 11.2. The van der Waals surface area contributed by atoms with Crippen molar-refractivity contribution in [2.45, 2.75) is 33.7 Å². The molecule has 1 rings (SSSR count). The normalized spacial score (nSPS) is 13.1. The highest BCUT2D eigenvalue weighted by molar-refractivity contribution is 7.87. The summed E-state index contributed by atoms with van der Waals surface area (Å²) < 4.78 is 32.8. The molecule has 0 amide bonds. The third-order valence-corrected chi connectivity index (χ3v) is 3.81. The SMILES string of the molecule is Cc1cc(C)c(N(C(C)C(=O)O)S(=O)(=O)O)c(C)c1. The molecule has 0 radical (unpaired) electrons. The molecule has 0 spiro atoms. The van der Waals surface area contributed by atoms with E-state index in [0.29, 0.717) is 15.4 Å². The van der Waals surface area contributed by atoms with Crippen molar-refractivity contribution in [1.29, 1.82) is 0 Å². The van der Waals surface area contributed by atoms with Crippen LogP contribution in [0.2, 0.25) is 0 Å². The monoisotopic (exact) mass is 287 g/mol. The predicted octanol–water partition coefficient (Wildman–Crippen LogP) is 1.69. The van der Waals surface area contributed by atoms with Gasteiger partial charge in [0.15, 0.2) is 0 Å². The van der Waals surface area contributed by atoms with E-state index in [-0.39, 0.29) is 5.69 Å². The van der Waals surface area contributed by atoms with Gasteiger partial charge in [0, 0.05) is 0 Å². The number of hydrogen-bond donors (Lipinski definition) is 2. The Kier molecular flexibility index (Phi) is 4.21. The number of rotatable bonds is 4. The molecule has 0 fully saturated rings. The molecule has 19 heavy (non-hydrogen) atoms. The first-order chi connectivity index (χ1) is 8.55. The minimum atomic E-state index is -4.67. The molecule has 0 saturated carbocycles. The van der Waals surface area contributed by atoms with E-state index in [2.05, 4.69) is 0 Å². The van der Waals surface area contributed by atoms with Crippen molar-refractivity contribution in [3.8, 4) is 0 Å². The highest BCUT2D eigenvalue weighted by Gasteiger charge is 2.32. The van der Waals surface area contributed by atoms with Crippen LogP contribution in [0.1, 0.15) is 23.6 Å². The lowest BCUT2D eigenvalue weighted by atomic mass is 10.0. The second kappa shape index (κ2) is 5.18. The molecule has 2 N–H and O–H groups in total. The van der Waals surface area contributed by atoms with Gasteiger partial charge in [-0.3, -0.25) is 4.55 Å². The number of hydrogen-bond acceptors (Lipinski definition) is 3. The van der Waals surface area contributed by atoms with E-state index in [1.54, 1.807) is 26.0 Å². The minimum Gasteiger partial charge on any atom is -0.480 e. The first-order valence-corrected chi connectivity index (χ1v) is 7.03. The molecular formula is C12H17NO5S. The van der Waals surface area contributed by atoms with Crippen molar-refractivity contribution in [2.75, 3.05) is 4.31 Å². The van der Waals surface area contributed by atoms with E-state index in [0.717, 1.165) is 5.56 Å². The first-order valence-electron chi connectivity index (χ1n) is 5.63. The third kappa shape index (κ3) is 3.24. The van der Waals surface area contributed by atoms with Crippen LogP contribution in [0.3, 0.4) is 0 Å². The van der Waals surface area contributed by atoms with Crippen LogP contribution >= 0.6 is 0 Å². The molecule has 0 aromatic heterocycles. The number of carboxylic acid groups (broad SMARTS) is 1. The van der Waals surface area contributed by atoms with Crippen LogP contribution in [0.4, 0.5) is 5.69 Å². The lowest BCUT2D eigenvalue weighted by Crippen LogP contribution is -2.43. The Hall–Kier alpha value is -1.60. The van der Waals surface area contributed by atoms with Gasteiger partial charge in [0.2, 0.25) is 0 Å². The summed E-state index contributed by atoms with van der Waals surface area (Å²) in [6.07, 6.45) is 0. The number of carboxylic acids is 1. The molecular weight excluding hydrogens is 270 g/mol. The fourth-order valence-electron chi connectivity index (χ4n) is 2.13. The number of aryl methyl sites for hydroxylation is 3. The molecule has 1 unspecified atom stereocenters. The minimum absolute atomic E-state index is 0.197. The van der Waals surface area contributed by atoms with Gasteiger partial charge in [0.05, 0.1) is 5.69 Å². The Morgan fingerprint density at radius 1 is 1.21 bits per heavy atom. The maximum atomic E-state index is 11.5. The van der Waals surface area contributed by atoms with Crippen molar-refractivity contribution in [3.63, 3.8) is 0 Å². The lowest BCUT2D eigenvalue weighted by molar-refractivity contribution is -0.137. The molecule has 6 nitrogen and oxygen atoms in total. The van der Waals surface area contributed by atoms with E-state index in [1.165, 1.54) is 6.92 Å². The van der Waals surface area contributed by atoms with E-state index < -0.39 is 22.3 Å². The summed E-state index contributed by atoms with van der Waals surface area (Å²) in [6.45, 7) is 6.39. The predicted molar refractivity (Wildman–Crippen MR) is 71.8 cm³/mol. The molecule has 0 aliphatic rings. The van der Waals surface area contributed by atoms with E-state index in [4.69, 9.17) is 5.11 Å². The number of nitrogens with zero attached hydrogens (tertiary/aromatic N) is 1. The van der Waals surface area contributed by atoms with Crippen molar-refractivity contribution >= 4 is 22.0 Å². The van der Waals surface area contributed by atoms with Crippen LogP contribution in [-0.4, -0.2) is 30.1 Å². The molecule has 0 aliphatic carbocycles. The molecule has 7 heteroatoms. The van der Waals surface area contributed by atoms with Crippen LogP contribution in [-0.2, 0) is 15.1 Å². The molecule has 0 saturated heterocycles. The highest BCUT2D eigenvalue weighted by Crippen LogP contribution is 2.29. The maximum absolute atomic E-state index is 11.5. The van der Waals surface area contributed by atoms with Gasteiger partial charge < -0.3 is 5.11 Å². The smallest absolute Gasteiger partial charge is 0.360 e. The van der Waals surface area contributed by atoms with Gasteiger partial charge in [-0.2, -0.15) is 8.42 Å². The Bertz CT molecular complexity index is 586. The van der Waals surface area contributed by atoms with E-state index >= 15 is 0 Å². The Morgan fingerprint density at radius 3 is 1.95 bits per heavy atom. The molecule has 1 aromatic carbocycles. The van der Waals surface area contributed by atoms with Gasteiger partial charge in [-0.1, -0.05) is 17.7 Å². The fourth-order valence-corrected chi connectivity index (χ4v) is 3.14. The molecule has 0 aliphatic heterocycles. The summed E-state index contributed by atoms with van der Waals surface area (Å²) >= 11 is 0. The van der Waals surface area contributed by atoms with Gasteiger partial charge in [0.25, 0.3) is 0 Å². The van der Waals surface area contributed by atoms with Gasteiger partial charge in [-0.15, -0.1) is 0 Å². The first kappa shape index (κ1) is 15.5. The average molecular weight is 287 g/mol. The number of anilines is 1. The third-order valence-electron chi connectivity index (χ3n) is 2.81. The quantitative estimate of drug-likeness (QED) is 0.822. The molecule has 1 atom stereocenters. The lowest BCUT2D eigenvalue weighted by Gasteiger charge is -2.28. The number of benzene rings is 1. The molecule has 0 heterocycles. The highest BCUT2D eigenvalue weighted by atomic mass is 32.2. The summed E-state index contributed by atoms with van der Waals surface area (Å²) in [6, 6.07) is 2.07. The van der Waals surface area contributed by atoms with Crippen LogP contribution in [0.15, 0.2) is 12.1 Å². The zero-order chi connectivity index (χ0) is 15.0. The number of carbonyl (C=O) groups is 1. The van der Waals surface area contributed by atoms with Crippen molar-refractivity contribution in [3.05, 3.63) is 28.8 Å². The number of aliphatic carboxylic acids is 1. The summed E-state index contributed by atoms with van der Waals surface area (Å²) in [5.41, 5.74) is 2.30. The van der Waals surface area contributed by atoms with Gasteiger partial charge in [-0.05, 0) is 38.8 Å². The van der Waals surface area contributed by atoms with Crippen molar-refractivity contribution in [1.82, 2.24) is 0 Å². The Balaban J connectivity index is 3.56. The fraction of sp³-hybridized carbons (Fsp3) is 0.417. The summed E-state index contributed by atoms with van der Waals surface area (Å²) in [4.78, 5) is 11.0. The summed E-state index contributed by atoms with van der Waals surface area (Å²) in [5, 5.41) is 9.00. The second-order valence-electron chi connectivity index (χ2n) is 4.54. The average Bonchev–Trinajstić information content (AvgIpc) is 2.20. The van der Waals surface area contributed by atoms with Crippen LogP contribution < -0.4 is 4.31 Å². The van der Waals surface area contributed by atoms with Gasteiger partial charge >= 0.3 is 16.3 Å². The van der Waals surface area contributed by atoms with Crippen LogP contribution in [0, 0.1) is 20.8 Å². The van der Waals surface area contributed by atoms with Gasteiger partial charge in [0.1, 0.15) is 6.04 Å². The van der Waals surface area contributed by atoms with E-state index in [1.807, 2.05) is 6.92 Å². The van der Waals surface area contributed by atoms with Crippen molar-refractivity contribution < 1.29 is 22.9 Å². The molecule has 0 bridgehead atoms. The van der Waals surface area contributed by atoms with Crippen LogP contribution in [0.5, 0.6) is 0 Å². The maximum Gasteiger partial charge on any atom is 0.360 e. The van der Waals surface area contributed by atoms with E-state index in [9.17, 15) is 17.8 Å². The van der Waals surface area contributed by atoms with Crippen molar-refractivity contribution in [2.24, 2.45) is 0 Å². The van der Waals surface area contributed by atoms with Crippen LogP contribution in [0.25, 0.3) is 0 Å². The largest absolute Gasteiger partial charge is 0.480 e. The zero-order valence-corrected chi connectivity index (χ0v) is 12.0.